The van der Waals surface area contributed by atoms with E-state index in [0.29, 0.717) is 23.9 Å². The van der Waals surface area contributed by atoms with E-state index in [2.05, 4.69) is 74.6 Å². The second-order valence-corrected chi connectivity index (χ2v) is 27.8. The molecule has 1 N–H and O–H groups in total. The number of hydrogen-bond donors (Lipinski definition) is 1. The molecule has 0 saturated carbocycles. The molecule has 0 aliphatic rings. The van der Waals surface area contributed by atoms with Crippen LogP contribution < -0.4 is 0 Å². The monoisotopic (exact) mass is 1230 g/mol. The number of nitrogens with zero attached hydrogens (tertiary/aromatic N) is 1. The number of hydrogen-bond acceptors (Lipinski definition) is 7. The Labute approximate surface area is 534 Å². The lowest BCUT2D eigenvalue weighted by atomic mass is 10.0. The Morgan fingerprint density at radius 2 is 0.663 bits per heavy atom. The summed E-state index contributed by atoms with van der Waals surface area (Å²) in [5.74, 6) is -0.776. The van der Waals surface area contributed by atoms with E-state index in [1.165, 1.54) is 263 Å². The first-order chi connectivity index (χ1) is 42.0. The van der Waals surface area contributed by atoms with Crippen molar-refractivity contribution in [2.45, 2.75) is 367 Å². The van der Waals surface area contributed by atoms with Gasteiger partial charge in [0.15, 0.2) is 6.10 Å². The van der Waals surface area contributed by atoms with Crippen LogP contribution in [-0.4, -0.2) is 74.9 Å². The van der Waals surface area contributed by atoms with Crippen molar-refractivity contribution >= 4 is 19.8 Å². The molecular formula is C76H143NO8P+. The number of carbonyl (C=O) groups excluding carboxylic acids is 2. The second kappa shape index (κ2) is 67.1. The van der Waals surface area contributed by atoms with Crippen molar-refractivity contribution < 1.29 is 42.1 Å². The maximum Gasteiger partial charge on any atom is 0.472 e. The SMILES string of the molecule is CC/C=C\C/C=C\C/C=C\C/C=C\C/C=C\CCCCCCCCCCCCCCCCCCCCCC(=O)OC(COC(=O)CCCCCCCCCCCCCCCCCCCCCCCCCCCCC)COP(=O)(O)OCC[N+](C)(C)C. The van der Waals surface area contributed by atoms with Crippen LogP contribution in [-0.2, 0) is 32.7 Å². The fraction of sp³-hybridized carbons (Fsp3) is 0.842. The summed E-state index contributed by atoms with van der Waals surface area (Å²) in [6.07, 6.45) is 89.2. The minimum atomic E-state index is -4.39. The van der Waals surface area contributed by atoms with Gasteiger partial charge in [0.25, 0.3) is 0 Å². The molecule has 2 atom stereocenters. The van der Waals surface area contributed by atoms with Gasteiger partial charge in [0.2, 0.25) is 0 Å². The predicted octanol–water partition coefficient (Wildman–Crippen LogP) is 24.2. The molecule has 0 fully saturated rings. The summed E-state index contributed by atoms with van der Waals surface area (Å²) in [5, 5.41) is 0. The van der Waals surface area contributed by atoms with Crippen LogP contribution >= 0.6 is 7.82 Å². The summed E-state index contributed by atoms with van der Waals surface area (Å²) < 4.78 is 34.8. The van der Waals surface area contributed by atoms with Gasteiger partial charge in [-0.3, -0.25) is 18.6 Å². The number of unbranched alkanes of at least 4 members (excludes halogenated alkanes) is 45. The maximum absolute atomic E-state index is 12.9. The van der Waals surface area contributed by atoms with Crippen molar-refractivity contribution in [3.05, 3.63) is 60.8 Å². The third-order valence-corrected chi connectivity index (χ3v) is 17.5. The van der Waals surface area contributed by atoms with Crippen LogP contribution in [0.5, 0.6) is 0 Å². The van der Waals surface area contributed by atoms with Gasteiger partial charge in [0.1, 0.15) is 19.8 Å². The fourth-order valence-electron chi connectivity index (χ4n) is 10.9. The first kappa shape index (κ1) is 83.7. The highest BCUT2D eigenvalue weighted by atomic mass is 31.2. The minimum Gasteiger partial charge on any atom is -0.462 e. The normalized spacial score (nSPS) is 13.4. The van der Waals surface area contributed by atoms with E-state index in [9.17, 15) is 19.0 Å². The number of phosphoric acid groups is 1. The molecule has 9 nitrogen and oxygen atoms in total. The molecule has 10 heteroatoms. The molecule has 0 amide bonds. The van der Waals surface area contributed by atoms with Gasteiger partial charge < -0.3 is 18.9 Å². The van der Waals surface area contributed by atoms with Gasteiger partial charge in [-0.15, -0.1) is 0 Å². The Morgan fingerprint density at radius 1 is 0.372 bits per heavy atom. The Bertz CT molecular complexity index is 1630. The number of quaternary nitrogens is 1. The third-order valence-electron chi connectivity index (χ3n) is 16.6. The average Bonchev–Trinajstić information content (AvgIpc) is 3.56. The lowest BCUT2D eigenvalue weighted by Crippen LogP contribution is -2.37. The van der Waals surface area contributed by atoms with Gasteiger partial charge in [-0.05, 0) is 57.8 Å². The zero-order valence-corrected chi connectivity index (χ0v) is 58.5. The largest absolute Gasteiger partial charge is 0.472 e. The number of carbonyl (C=O) groups is 2. The molecule has 0 saturated heterocycles. The lowest BCUT2D eigenvalue weighted by Gasteiger charge is -2.24. The Morgan fingerprint density at radius 3 is 0.988 bits per heavy atom. The topological polar surface area (TPSA) is 108 Å². The van der Waals surface area contributed by atoms with Crippen molar-refractivity contribution in [3.8, 4) is 0 Å². The molecule has 0 aromatic carbocycles. The van der Waals surface area contributed by atoms with Crippen molar-refractivity contribution in [3.63, 3.8) is 0 Å². The van der Waals surface area contributed by atoms with Gasteiger partial charge in [0.05, 0.1) is 27.7 Å². The molecule has 0 heterocycles. The van der Waals surface area contributed by atoms with E-state index in [0.717, 1.165) is 64.2 Å². The molecule has 2 unspecified atom stereocenters. The Hall–Kier alpha value is -2.29. The van der Waals surface area contributed by atoms with Gasteiger partial charge >= 0.3 is 19.8 Å². The summed E-state index contributed by atoms with van der Waals surface area (Å²) in [4.78, 5) is 35.9. The van der Waals surface area contributed by atoms with E-state index >= 15 is 0 Å². The molecule has 0 radical (unpaired) electrons. The minimum absolute atomic E-state index is 0.0339. The molecular weight excluding hydrogens is 1090 g/mol. The smallest absolute Gasteiger partial charge is 0.462 e. The Balaban J connectivity index is 3.96. The highest BCUT2D eigenvalue weighted by Gasteiger charge is 2.27. The van der Waals surface area contributed by atoms with Crippen LogP contribution in [0.25, 0.3) is 0 Å². The van der Waals surface area contributed by atoms with Crippen LogP contribution in [0.15, 0.2) is 60.8 Å². The zero-order chi connectivity index (χ0) is 62.6. The Kier molecular flexibility index (Phi) is 65.3. The van der Waals surface area contributed by atoms with Crippen molar-refractivity contribution in [1.82, 2.24) is 0 Å². The summed E-state index contributed by atoms with van der Waals surface area (Å²) in [6, 6.07) is 0. The summed E-state index contributed by atoms with van der Waals surface area (Å²) in [5.41, 5.74) is 0. The molecule has 504 valence electrons. The van der Waals surface area contributed by atoms with Gasteiger partial charge in [0, 0.05) is 12.8 Å². The first-order valence-corrected chi connectivity index (χ1v) is 38.5. The summed E-state index contributed by atoms with van der Waals surface area (Å²) in [7, 11) is 1.50. The van der Waals surface area contributed by atoms with E-state index in [1.54, 1.807) is 0 Å². The zero-order valence-electron chi connectivity index (χ0n) is 57.6. The van der Waals surface area contributed by atoms with Crippen LogP contribution in [0, 0.1) is 0 Å². The van der Waals surface area contributed by atoms with Crippen molar-refractivity contribution in [1.29, 1.82) is 0 Å². The van der Waals surface area contributed by atoms with Gasteiger partial charge in [-0.2, -0.15) is 0 Å². The van der Waals surface area contributed by atoms with Gasteiger partial charge in [-0.25, -0.2) is 4.57 Å². The van der Waals surface area contributed by atoms with E-state index in [1.807, 2.05) is 21.1 Å². The number of likely N-dealkylation sites (N-methyl/N-ethyl adjacent to an activating group) is 1. The van der Waals surface area contributed by atoms with E-state index < -0.39 is 26.5 Å². The fourth-order valence-corrected chi connectivity index (χ4v) is 11.7. The highest BCUT2D eigenvalue weighted by Crippen LogP contribution is 2.43. The first-order valence-electron chi connectivity index (χ1n) is 37.0. The van der Waals surface area contributed by atoms with Crippen molar-refractivity contribution in [2.24, 2.45) is 0 Å². The quantitative estimate of drug-likeness (QED) is 0.0211. The van der Waals surface area contributed by atoms with Crippen LogP contribution in [0.2, 0.25) is 0 Å². The average molecular weight is 1230 g/mol. The van der Waals surface area contributed by atoms with E-state index in [-0.39, 0.29) is 25.6 Å². The molecule has 0 spiro atoms. The molecule has 0 bridgehead atoms. The number of ether oxygens (including phenoxy) is 2. The molecule has 0 rings (SSSR count). The van der Waals surface area contributed by atoms with Crippen LogP contribution in [0.4, 0.5) is 0 Å². The molecule has 0 aliphatic heterocycles. The molecule has 0 aliphatic carbocycles. The van der Waals surface area contributed by atoms with Crippen molar-refractivity contribution in [2.75, 3.05) is 47.5 Å². The summed E-state index contributed by atoms with van der Waals surface area (Å²) in [6.45, 7) is 4.39. The maximum atomic E-state index is 12.9. The third kappa shape index (κ3) is 70.8. The van der Waals surface area contributed by atoms with Gasteiger partial charge in [-0.1, -0.05) is 351 Å². The summed E-state index contributed by atoms with van der Waals surface area (Å²) >= 11 is 0. The lowest BCUT2D eigenvalue weighted by molar-refractivity contribution is -0.870. The number of esters is 2. The molecule has 0 aromatic heterocycles. The number of phosphoric ester groups is 1. The number of rotatable bonds is 69. The highest BCUT2D eigenvalue weighted by molar-refractivity contribution is 7.47. The molecule has 0 aromatic rings. The standard InChI is InChI=1S/C76H142NO8P/c1-6-8-10-12-14-16-18-20-22-24-26-28-30-32-34-35-36-37-38-39-40-41-43-45-47-49-51-53-55-57-59-61-63-65-67-69-76(79)85-74(73-84-86(80,81)83-71-70-77(3,4)5)72-82-75(78)68-66-64-62-60-58-56-54-52-50-48-46-44-42-33-31-29-27-25-23-21-19-17-15-13-11-9-7-2/h8,10,14,16,20,22,26,28,32,34,74H,6-7,9,11-13,15,17-19,21,23-25,27,29-31,33,35-73H2,1-5H3/p+1/b10-8-,16-14-,22-20-,28-26-,34-32-. The predicted molar refractivity (Wildman–Crippen MR) is 372 cm³/mol. The number of allylic oxidation sites excluding steroid dienone is 10. The second-order valence-electron chi connectivity index (χ2n) is 26.3. The van der Waals surface area contributed by atoms with E-state index in [4.69, 9.17) is 18.5 Å². The van der Waals surface area contributed by atoms with Crippen LogP contribution in [0.3, 0.4) is 0 Å². The molecule has 86 heavy (non-hydrogen) atoms. The van der Waals surface area contributed by atoms with Crippen LogP contribution in [0.1, 0.15) is 361 Å².